The van der Waals surface area contributed by atoms with Crippen molar-refractivity contribution in [1.82, 2.24) is 0 Å². The van der Waals surface area contributed by atoms with Gasteiger partial charge < -0.3 is 5.32 Å². The molecule has 0 aromatic heterocycles. The maximum absolute atomic E-state index is 8.81. The van der Waals surface area contributed by atoms with E-state index >= 15 is 0 Å². The average molecular weight is 176 g/mol. The Labute approximate surface area is 76.8 Å². The highest BCUT2D eigenvalue weighted by molar-refractivity contribution is 7.79. The molecule has 0 radical (unpaired) electrons. The molecule has 0 spiro atoms. The molecule has 0 aliphatic carbocycles. The van der Waals surface area contributed by atoms with Crippen LogP contribution in [0.5, 0.6) is 0 Å². The van der Waals surface area contributed by atoms with Gasteiger partial charge in [-0.15, -0.1) is 0 Å². The van der Waals surface area contributed by atoms with Gasteiger partial charge in [-0.2, -0.15) is 5.26 Å². The Morgan fingerprint density at radius 3 is 2.83 bits per heavy atom. The van der Waals surface area contributed by atoms with Crippen LogP contribution in [-0.4, -0.2) is 12.4 Å². The van der Waals surface area contributed by atoms with Gasteiger partial charge in [0.2, 0.25) is 0 Å². The smallest absolute Gasteiger partial charge is 0.102 e. The van der Waals surface area contributed by atoms with Crippen molar-refractivity contribution in [1.29, 1.82) is 5.26 Å². The van der Waals surface area contributed by atoms with Crippen LogP contribution >= 0.6 is 12.2 Å². The van der Waals surface area contributed by atoms with Crippen molar-refractivity contribution in [3.05, 3.63) is 29.3 Å². The van der Waals surface area contributed by atoms with Crippen molar-refractivity contribution in [3.63, 3.8) is 0 Å². The Bertz CT molecular complexity index is 339. The zero-order valence-corrected chi connectivity index (χ0v) is 7.48. The number of hydrogen-bond acceptors (Lipinski definition) is 3. The van der Waals surface area contributed by atoms with Gasteiger partial charge in [-0.3, -0.25) is 0 Å². The fraction of sp³-hybridized carbons (Fsp3) is 0.111. The van der Waals surface area contributed by atoms with Gasteiger partial charge in [0.05, 0.1) is 11.3 Å². The molecule has 0 heterocycles. The highest BCUT2D eigenvalue weighted by Gasteiger charge is 2.02. The lowest BCUT2D eigenvalue weighted by atomic mass is 10.1. The van der Waals surface area contributed by atoms with Gasteiger partial charge >= 0.3 is 0 Å². The highest BCUT2D eigenvalue weighted by atomic mass is 32.1. The quantitative estimate of drug-likeness (QED) is 0.699. The van der Waals surface area contributed by atoms with Gasteiger partial charge in [-0.05, 0) is 6.07 Å². The third-order valence-electron chi connectivity index (χ3n) is 1.60. The van der Waals surface area contributed by atoms with E-state index in [2.05, 4.69) is 11.4 Å². The normalized spacial score (nSPS) is 8.67. The van der Waals surface area contributed by atoms with Crippen LogP contribution in [0.15, 0.2) is 18.2 Å². The monoisotopic (exact) mass is 176 g/mol. The first-order valence-electron chi connectivity index (χ1n) is 3.49. The maximum atomic E-state index is 8.81. The molecule has 2 nitrogen and oxygen atoms in total. The summed E-state index contributed by atoms with van der Waals surface area (Å²) in [4.78, 5) is 0. The summed E-state index contributed by atoms with van der Waals surface area (Å²) in [6.45, 7) is 0. The SMILES string of the molecule is CNc1cccc(C=S)c1C#N. The van der Waals surface area contributed by atoms with E-state index in [1.54, 1.807) is 7.05 Å². The van der Waals surface area contributed by atoms with Crippen molar-refractivity contribution >= 4 is 23.3 Å². The van der Waals surface area contributed by atoms with Gasteiger partial charge in [-0.1, -0.05) is 24.4 Å². The molecule has 0 amide bonds. The molecule has 1 aromatic carbocycles. The number of nitrogens with zero attached hydrogens (tertiary/aromatic N) is 1. The number of anilines is 1. The molecule has 3 heteroatoms. The molecule has 0 fully saturated rings. The van der Waals surface area contributed by atoms with Gasteiger partial charge in [0.25, 0.3) is 0 Å². The van der Waals surface area contributed by atoms with Crippen LogP contribution in [0.3, 0.4) is 0 Å². The minimum Gasteiger partial charge on any atom is -0.387 e. The second kappa shape index (κ2) is 3.84. The summed E-state index contributed by atoms with van der Waals surface area (Å²) in [5, 5.41) is 13.3. The van der Waals surface area contributed by atoms with Crippen molar-refractivity contribution in [2.75, 3.05) is 12.4 Å². The van der Waals surface area contributed by atoms with E-state index < -0.39 is 0 Å². The van der Waals surface area contributed by atoms with Crippen molar-refractivity contribution in [3.8, 4) is 6.07 Å². The van der Waals surface area contributed by atoms with Gasteiger partial charge in [0.15, 0.2) is 0 Å². The number of nitrogens with one attached hydrogen (secondary N) is 1. The van der Waals surface area contributed by atoms with Crippen LogP contribution in [0.2, 0.25) is 0 Å². The second-order valence-electron chi connectivity index (χ2n) is 2.25. The third-order valence-corrected chi connectivity index (χ3v) is 1.86. The number of rotatable bonds is 2. The van der Waals surface area contributed by atoms with E-state index in [1.807, 2.05) is 18.2 Å². The molecule has 0 bridgehead atoms. The summed E-state index contributed by atoms with van der Waals surface area (Å²) in [6.07, 6.45) is 0. The number of thiocarbonyl (C=S) groups is 1. The number of hydrogen-bond donors (Lipinski definition) is 1. The summed E-state index contributed by atoms with van der Waals surface area (Å²) in [7, 11) is 1.78. The molecule has 1 N–H and O–H groups in total. The Morgan fingerprint density at radius 1 is 1.58 bits per heavy atom. The lowest BCUT2D eigenvalue weighted by Crippen LogP contribution is -1.95. The Hall–Kier alpha value is -1.40. The van der Waals surface area contributed by atoms with Crippen LogP contribution < -0.4 is 5.32 Å². The Morgan fingerprint density at radius 2 is 2.33 bits per heavy atom. The third kappa shape index (κ3) is 1.44. The highest BCUT2D eigenvalue weighted by Crippen LogP contribution is 2.16. The van der Waals surface area contributed by atoms with E-state index in [1.165, 1.54) is 5.37 Å². The molecule has 60 valence electrons. The molecule has 0 aliphatic heterocycles. The maximum Gasteiger partial charge on any atom is 0.102 e. The summed E-state index contributed by atoms with van der Waals surface area (Å²) >= 11 is 4.78. The lowest BCUT2D eigenvalue weighted by molar-refractivity contribution is 1.43. The number of benzene rings is 1. The fourth-order valence-electron chi connectivity index (χ4n) is 1.00. The first-order chi connectivity index (χ1) is 5.83. The molecule has 0 atom stereocenters. The minimum absolute atomic E-state index is 0.606. The van der Waals surface area contributed by atoms with Gasteiger partial charge in [-0.25, -0.2) is 0 Å². The summed E-state index contributed by atoms with van der Waals surface area (Å²) < 4.78 is 0. The summed E-state index contributed by atoms with van der Waals surface area (Å²) in [5.41, 5.74) is 2.21. The van der Waals surface area contributed by atoms with Gasteiger partial charge in [0, 0.05) is 18.0 Å². The van der Waals surface area contributed by atoms with Crippen LogP contribution in [0, 0.1) is 11.3 Å². The molecule has 1 aromatic rings. The Kier molecular flexibility index (Phi) is 2.78. The van der Waals surface area contributed by atoms with Crippen LogP contribution in [0.1, 0.15) is 11.1 Å². The molecule has 0 saturated carbocycles. The fourth-order valence-corrected chi connectivity index (χ4v) is 1.20. The second-order valence-corrected chi connectivity index (χ2v) is 2.49. The molecular formula is C9H8N2S. The molecule has 12 heavy (non-hydrogen) atoms. The van der Waals surface area contributed by atoms with E-state index in [4.69, 9.17) is 17.5 Å². The molecular weight excluding hydrogens is 168 g/mol. The van der Waals surface area contributed by atoms with Crippen LogP contribution in [0.4, 0.5) is 5.69 Å². The predicted molar refractivity (Wildman–Crippen MR) is 53.5 cm³/mol. The first-order valence-corrected chi connectivity index (χ1v) is 3.96. The summed E-state index contributed by atoms with van der Waals surface area (Å²) in [5.74, 6) is 0. The van der Waals surface area contributed by atoms with E-state index in [0.29, 0.717) is 5.56 Å². The molecule has 0 aliphatic rings. The standard InChI is InChI=1S/C9H8N2S/c1-11-9-4-2-3-7(6-12)8(9)5-10/h2-4,6,11H,1H3. The predicted octanol–water partition coefficient (Wildman–Crippen LogP) is 1.95. The number of nitriles is 1. The average Bonchev–Trinajstić information content (AvgIpc) is 2.16. The Balaban J connectivity index is 3.34. The molecule has 1 rings (SSSR count). The van der Waals surface area contributed by atoms with E-state index in [9.17, 15) is 0 Å². The van der Waals surface area contributed by atoms with Crippen molar-refractivity contribution in [2.45, 2.75) is 0 Å². The molecule has 0 unspecified atom stereocenters. The molecule has 0 saturated heterocycles. The first kappa shape index (κ1) is 8.69. The zero-order valence-electron chi connectivity index (χ0n) is 6.66. The van der Waals surface area contributed by atoms with Crippen molar-refractivity contribution in [2.24, 2.45) is 0 Å². The topological polar surface area (TPSA) is 35.8 Å². The zero-order chi connectivity index (χ0) is 8.97. The summed E-state index contributed by atoms with van der Waals surface area (Å²) in [6, 6.07) is 7.65. The lowest BCUT2D eigenvalue weighted by Gasteiger charge is -2.03. The van der Waals surface area contributed by atoms with Crippen LogP contribution in [0.25, 0.3) is 0 Å². The van der Waals surface area contributed by atoms with Gasteiger partial charge in [0.1, 0.15) is 6.07 Å². The van der Waals surface area contributed by atoms with E-state index in [-0.39, 0.29) is 0 Å². The largest absolute Gasteiger partial charge is 0.387 e. The van der Waals surface area contributed by atoms with Crippen LogP contribution in [-0.2, 0) is 0 Å². The van der Waals surface area contributed by atoms with Crippen molar-refractivity contribution < 1.29 is 0 Å². The minimum atomic E-state index is 0.606. The van der Waals surface area contributed by atoms with E-state index in [0.717, 1.165) is 11.3 Å².